The van der Waals surface area contributed by atoms with Gasteiger partial charge < -0.3 is 14.8 Å². The highest BCUT2D eigenvalue weighted by Gasteiger charge is 2.39. The fraction of sp³-hybridized carbons (Fsp3) is 0.385. The first-order valence-electron chi connectivity index (χ1n) is 11.5. The van der Waals surface area contributed by atoms with Crippen molar-refractivity contribution in [3.63, 3.8) is 0 Å². The first-order chi connectivity index (χ1) is 16.0. The van der Waals surface area contributed by atoms with Crippen LogP contribution in [0.4, 0.5) is 5.69 Å². The van der Waals surface area contributed by atoms with Crippen molar-refractivity contribution in [3.8, 4) is 5.75 Å². The second kappa shape index (κ2) is 10.2. The monoisotopic (exact) mass is 449 g/mol. The average molecular weight is 450 g/mol. The number of ether oxygens (including phenoxy) is 2. The van der Waals surface area contributed by atoms with Gasteiger partial charge in [0.15, 0.2) is 0 Å². The Morgan fingerprint density at radius 2 is 1.61 bits per heavy atom. The number of hydrogen-bond donors (Lipinski definition) is 1. The first-order valence-corrected chi connectivity index (χ1v) is 11.5. The molecule has 33 heavy (non-hydrogen) atoms. The minimum atomic E-state index is -0.295. The minimum absolute atomic E-state index is 0.274. The highest BCUT2D eigenvalue weighted by molar-refractivity contribution is 6.36. The summed E-state index contributed by atoms with van der Waals surface area (Å²) in [4.78, 5) is 30.5. The molecule has 1 saturated heterocycles. The van der Waals surface area contributed by atoms with E-state index in [0.29, 0.717) is 49.7 Å². The number of carbonyl (C=O) groups is 2. The molecule has 0 saturated carbocycles. The smallest absolute Gasteiger partial charge is 0.278 e. The van der Waals surface area contributed by atoms with Crippen LogP contribution in [0.1, 0.15) is 23.6 Å². The normalized spacial score (nSPS) is 17.1. The van der Waals surface area contributed by atoms with Gasteiger partial charge in [0.25, 0.3) is 11.8 Å². The van der Waals surface area contributed by atoms with Crippen LogP contribution in [0, 0.1) is 13.8 Å². The van der Waals surface area contributed by atoms with Crippen molar-refractivity contribution >= 4 is 23.1 Å². The molecule has 2 aromatic rings. The summed E-state index contributed by atoms with van der Waals surface area (Å²) >= 11 is 0. The molecule has 0 aliphatic carbocycles. The lowest BCUT2D eigenvalue weighted by Crippen LogP contribution is -2.43. The predicted octanol–water partition coefficient (Wildman–Crippen LogP) is 3.23. The Balaban J connectivity index is 1.64. The number of aryl methyl sites for hydroxylation is 2. The zero-order valence-corrected chi connectivity index (χ0v) is 19.5. The van der Waals surface area contributed by atoms with Crippen LogP contribution in [0.15, 0.2) is 48.2 Å². The summed E-state index contributed by atoms with van der Waals surface area (Å²) in [5.41, 5.74) is 4.36. The zero-order valence-electron chi connectivity index (χ0n) is 19.5. The van der Waals surface area contributed by atoms with Crippen LogP contribution in [0.5, 0.6) is 5.75 Å². The van der Waals surface area contributed by atoms with Crippen LogP contribution >= 0.6 is 0 Å². The lowest BCUT2D eigenvalue weighted by molar-refractivity contribution is -0.137. The van der Waals surface area contributed by atoms with E-state index in [-0.39, 0.29) is 11.8 Å². The average Bonchev–Trinajstić information content (AvgIpc) is 3.02. The van der Waals surface area contributed by atoms with Crippen LogP contribution in [0.2, 0.25) is 0 Å². The number of imide groups is 1. The van der Waals surface area contributed by atoms with E-state index < -0.39 is 0 Å². The molecule has 7 heteroatoms. The Labute approximate surface area is 195 Å². The third-order valence-corrected chi connectivity index (χ3v) is 5.86. The van der Waals surface area contributed by atoms with Crippen LogP contribution in [-0.2, 0) is 14.3 Å². The molecule has 174 valence electrons. The zero-order chi connectivity index (χ0) is 23.4. The molecule has 7 nitrogen and oxygen atoms in total. The number of benzene rings is 2. The second-order valence-corrected chi connectivity index (χ2v) is 8.42. The molecule has 0 aromatic heterocycles. The maximum absolute atomic E-state index is 13.5. The van der Waals surface area contributed by atoms with Gasteiger partial charge in [-0.05, 0) is 61.7 Å². The number of nitrogens with zero attached hydrogens (tertiary/aromatic N) is 2. The molecule has 0 unspecified atom stereocenters. The molecule has 0 spiro atoms. The Morgan fingerprint density at radius 3 is 2.24 bits per heavy atom. The Morgan fingerprint density at radius 1 is 0.939 bits per heavy atom. The third-order valence-electron chi connectivity index (χ3n) is 5.86. The van der Waals surface area contributed by atoms with E-state index in [9.17, 15) is 9.59 Å². The van der Waals surface area contributed by atoms with E-state index >= 15 is 0 Å². The molecular weight excluding hydrogens is 418 g/mol. The molecule has 2 aliphatic rings. The Hall–Kier alpha value is -3.16. The van der Waals surface area contributed by atoms with E-state index in [2.05, 4.69) is 16.3 Å². The van der Waals surface area contributed by atoms with E-state index in [0.717, 1.165) is 35.7 Å². The third kappa shape index (κ3) is 5.26. The van der Waals surface area contributed by atoms with E-state index in [1.165, 1.54) is 4.90 Å². The highest BCUT2D eigenvalue weighted by atomic mass is 16.5. The van der Waals surface area contributed by atoms with Crippen molar-refractivity contribution in [3.05, 3.63) is 64.9 Å². The molecule has 1 N–H and O–H groups in total. The van der Waals surface area contributed by atoms with Gasteiger partial charge in [-0.2, -0.15) is 0 Å². The Bertz CT molecular complexity index is 1040. The summed E-state index contributed by atoms with van der Waals surface area (Å²) < 4.78 is 10.9. The van der Waals surface area contributed by atoms with Crippen LogP contribution in [-0.4, -0.2) is 67.6 Å². The van der Waals surface area contributed by atoms with Crippen LogP contribution in [0.3, 0.4) is 0 Å². The van der Waals surface area contributed by atoms with Gasteiger partial charge in [0, 0.05) is 31.9 Å². The molecule has 1 fully saturated rings. The SMILES string of the molecule is CCOc1ccc(C2=C(Nc3cc(C)cc(C)c3)C(=O)N(CCN3CCOCC3)C2=O)cc1. The molecule has 2 aliphatic heterocycles. The molecule has 2 heterocycles. The molecule has 2 amide bonds. The van der Waals surface area contributed by atoms with Gasteiger partial charge in [-0.15, -0.1) is 0 Å². The lowest BCUT2D eigenvalue weighted by Gasteiger charge is -2.28. The van der Waals surface area contributed by atoms with Crippen molar-refractivity contribution in [1.82, 2.24) is 9.80 Å². The molecule has 4 rings (SSSR count). The van der Waals surface area contributed by atoms with Crippen LogP contribution in [0.25, 0.3) is 5.57 Å². The van der Waals surface area contributed by atoms with Gasteiger partial charge in [-0.25, -0.2) is 0 Å². The number of nitrogens with one attached hydrogen (secondary N) is 1. The van der Waals surface area contributed by atoms with Crippen molar-refractivity contribution in [1.29, 1.82) is 0 Å². The number of morpholine rings is 1. The maximum atomic E-state index is 13.5. The highest BCUT2D eigenvalue weighted by Crippen LogP contribution is 2.32. The summed E-state index contributed by atoms with van der Waals surface area (Å²) in [6, 6.07) is 13.3. The predicted molar refractivity (Wildman–Crippen MR) is 128 cm³/mol. The first kappa shape index (κ1) is 23.0. The van der Waals surface area contributed by atoms with Gasteiger partial charge in [0.05, 0.1) is 25.4 Å². The van der Waals surface area contributed by atoms with E-state index in [1.54, 1.807) is 0 Å². The topological polar surface area (TPSA) is 71.1 Å². The minimum Gasteiger partial charge on any atom is -0.494 e. The number of rotatable bonds is 8. The molecule has 0 radical (unpaired) electrons. The fourth-order valence-electron chi connectivity index (χ4n) is 4.30. The fourth-order valence-corrected chi connectivity index (χ4v) is 4.30. The van der Waals surface area contributed by atoms with Gasteiger partial charge in [0.1, 0.15) is 11.4 Å². The number of hydrogen-bond acceptors (Lipinski definition) is 6. The second-order valence-electron chi connectivity index (χ2n) is 8.42. The lowest BCUT2D eigenvalue weighted by atomic mass is 10.0. The van der Waals surface area contributed by atoms with Crippen LogP contribution < -0.4 is 10.1 Å². The van der Waals surface area contributed by atoms with E-state index in [4.69, 9.17) is 9.47 Å². The summed E-state index contributed by atoms with van der Waals surface area (Å²) in [6.07, 6.45) is 0. The van der Waals surface area contributed by atoms with Gasteiger partial charge in [-0.3, -0.25) is 19.4 Å². The Kier molecular flexibility index (Phi) is 7.11. The summed E-state index contributed by atoms with van der Waals surface area (Å²) in [7, 11) is 0. The number of carbonyl (C=O) groups excluding carboxylic acids is 2. The van der Waals surface area contributed by atoms with Crippen molar-refractivity contribution in [2.24, 2.45) is 0 Å². The summed E-state index contributed by atoms with van der Waals surface area (Å²) in [5, 5.41) is 3.26. The standard InChI is InChI=1S/C26H31N3O4/c1-4-33-22-7-5-20(6-8-22)23-24(27-21-16-18(2)15-19(3)17-21)26(31)29(25(23)30)10-9-28-11-13-32-14-12-28/h5-8,15-17,27H,4,9-14H2,1-3H3. The quantitative estimate of drug-likeness (QED) is 0.624. The molecule has 0 atom stereocenters. The van der Waals surface area contributed by atoms with E-state index in [1.807, 2.05) is 57.2 Å². The van der Waals surface area contributed by atoms with Gasteiger partial charge >= 0.3 is 0 Å². The van der Waals surface area contributed by atoms with Gasteiger partial charge in [0.2, 0.25) is 0 Å². The molecule has 2 aromatic carbocycles. The number of amides is 2. The summed E-state index contributed by atoms with van der Waals surface area (Å²) in [5.74, 6) is 0.159. The molecular formula is C26H31N3O4. The summed E-state index contributed by atoms with van der Waals surface area (Å²) in [6.45, 7) is 10.5. The van der Waals surface area contributed by atoms with Crippen molar-refractivity contribution in [2.45, 2.75) is 20.8 Å². The van der Waals surface area contributed by atoms with Gasteiger partial charge in [-0.1, -0.05) is 18.2 Å². The molecule has 0 bridgehead atoms. The maximum Gasteiger partial charge on any atom is 0.278 e. The number of anilines is 1. The van der Waals surface area contributed by atoms with Crippen molar-refractivity contribution < 1.29 is 19.1 Å². The largest absolute Gasteiger partial charge is 0.494 e. The van der Waals surface area contributed by atoms with Crippen molar-refractivity contribution in [2.75, 3.05) is 51.3 Å².